The minimum Gasteiger partial charge on any atom is -0.251 e. The van der Waals surface area contributed by atoms with E-state index < -0.39 is 10.8 Å². The molecule has 5 nitrogen and oxygen atoms in total. The van der Waals surface area contributed by atoms with Crippen LogP contribution in [0.25, 0.3) is 5.69 Å². The van der Waals surface area contributed by atoms with Gasteiger partial charge in [0.25, 0.3) is 0 Å². The maximum absolute atomic E-state index is 13.0. The molecule has 7 heteroatoms. The first-order valence-corrected chi connectivity index (χ1v) is 6.38. The van der Waals surface area contributed by atoms with Gasteiger partial charge in [-0.15, -0.1) is 0 Å². The Balaban J connectivity index is 2.53. The molecule has 0 saturated carbocycles. The van der Waals surface area contributed by atoms with Crippen molar-refractivity contribution in [2.45, 2.75) is 19.0 Å². The Bertz CT molecular complexity index is 569. The fourth-order valence-corrected chi connectivity index (χ4v) is 2.17. The van der Waals surface area contributed by atoms with E-state index in [1.807, 2.05) is 0 Å². The van der Waals surface area contributed by atoms with Crippen LogP contribution in [-0.4, -0.2) is 30.2 Å². The first-order chi connectivity index (χ1) is 8.13. The molecule has 1 atom stereocenters. The largest absolute Gasteiger partial charge is 0.251 e. The molecule has 0 saturated heterocycles. The number of benzene rings is 1. The van der Waals surface area contributed by atoms with Crippen LogP contribution in [0.2, 0.25) is 0 Å². The summed E-state index contributed by atoms with van der Waals surface area (Å²) >= 11 is 0. The molecular formula is C10H11FN4OS. The van der Waals surface area contributed by atoms with Crippen LogP contribution in [-0.2, 0) is 10.8 Å². The van der Waals surface area contributed by atoms with Gasteiger partial charge in [-0.05, 0) is 41.1 Å². The number of hydrogen-bond acceptors (Lipinski definition) is 4. The van der Waals surface area contributed by atoms with Crippen molar-refractivity contribution in [3.8, 4) is 5.69 Å². The molecule has 0 N–H and O–H groups in total. The summed E-state index contributed by atoms with van der Waals surface area (Å²) in [5.41, 5.74) is 1.32. The molecule has 0 bridgehead atoms. The number of hydrogen-bond donors (Lipinski definition) is 0. The minimum atomic E-state index is -1.25. The molecule has 2 aromatic rings. The summed E-state index contributed by atoms with van der Waals surface area (Å²) in [6.45, 7) is 3.53. The van der Waals surface area contributed by atoms with E-state index in [4.69, 9.17) is 0 Å². The molecule has 1 aromatic heterocycles. The van der Waals surface area contributed by atoms with Crippen molar-refractivity contribution < 1.29 is 8.60 Å². The quantitative estimate of drug-likeness (QED) is 0.826. The van der Waals surface area contributed by atoms with Crippen LogP contribution in [0.1, 0.15) is 12.5 Å². The van der Waals surface area contributed by atoms with Crippen molar-refractivity contribution in [1.29, 1.82) is 0 Å². The number of tetrazole rings is 1. The summed E-state index contributed by atoms with van der Waals surface area (Å²) in [4.78, 5) is 0. The van der Waals surface area contributed by atoms with Gasteiger partial charge in [0.2, 0.25) is 5.16 Å². The molecule has 0 aliphatic heterocycles. The molecule has 1 unspecified atom stereocenters. The predicted octanol–water partition coefficient (Wildman–Crippen LogP) is 1.24. The van der Waals surface area contributed by atoms with E-state index in [0.717, 1.165) is 0 Å². The van der Waals surface area contributed by atoms with Gasteiger partial charge in [-0.1, -0.05) is 12.0 Å². The smallest absolute Gasteiger partial charge is 0.244 e. The van der Waals surface area contributed by atoms with Crippen LogP contribution in [0.3, 0.4) is 0 Å². The van der Waals surface area contributed by atoms with E-state index in [-0.39, 0.29) is 11.0 Å². The van der Waals surface area contributed by atoms with Gasteiger partial charge in [-0.3, -0.25) is 4.21 Å². The van der Waals surface area contributed by atoms with Gasteiger partial charge >= 0.3 is 0 Å². The summed E-state index contributed by atoms with van der Waals surface area (Å²) < 4.78 is 26.1. The highest BCUT2D eigenvalue weighted by Crippen LogP contribution is 2.16. The van der Waals surface area contributed by atoms with Crippen LogP contribution < -0.4 is 0 Å². The third-order valence-electron chi connectivity index (χ3n) is 2.29. The van der Waals surface area contributed by atoms with Crippen molar-refractivity contribution >= 4 is 10.8 Å². The molecule has 0 aliphatic carbocycles. The predicted molar refractivity (Wildman–Crippen MR) is 60.8 cm³/mol. The van der Waals surface area contributed by atoms with Gasteiger partial charge in [0.15, 0.2) is 0 Å². The Morgan fingerprint density at radius 1 is 1.47 bits per heavy atom. The molecule has 2 rings (SSSR count). The van der Waals surface area contributed by atoms with Crippen LogP contribution in [0, 0.1) is 12.7 Å². The summed E-state index contributed by atoms with van der Waals surface area (Å²) in [7, 11) is -1.25. The van der Waals surface area contributed by atoms with E-state index in [2.05, 4.69) is 15.5 Å². The second kappa shape index (κ2) is 4.70. The lowest BCUT2D eigenvalue weighted by atomic mass is 10.2. The third kappa shape index (κ3) is 2.23. The fraction of sp³-hybridized carbons (Fsp3) is 0.300. The zero-order valence-electron chi connectivity index (χ0n) is 9.42. The lowest BCUT2D eigenvalue weighted by Crippen LogP contribution is -2.08. The highest BCUT2D eigenvalue weighted by molar-refractivity contribution is 7.84. The Morgan fingerprint density at radius 2 is 2.24 bits per heavy atom. The zero-order valence-corrected chi connectivity index (χ0v) is 10.2. The molecule has 0 spiro atoms. The van der Waals surface area contributed by atoms with Crippen molar-refractivity contribution in [3.05, 3.63) is 29.6 Å². The average molecular weight is 254 g/mol. The van der Waals surface area contributed by atoms with Crippen LogP contribution >= 0.6 is 0 Å². The van der Waals surface area contributed by atoms with Crippen molar-refractivity contribution in [3.63, 3.8) is 0 Å². The first-order valence-electron chi connectivity index (χ1n) is 5.06. The molecule has 90 valence electrons. The fourth-order valence-electron chi connectivity index (χ4n) is 1.46. The first kappa shape index (κ1) is 11.8. The highest BCUT2D eigenvalue weighted by Gasteiger charge is 2.15. The van der Waals surface area contributed by atoms with E-state index in [9.17, 15) is 8.60 Å². The molecule has 0 aliphatic rings. The molecule has 0 amide bonds. The molecule has 0 radical (unpaired) electrons. The lowest BCUT2D eigenvalue weighted by Gasteiger charge is -2.06. The van der Waals surface area contributed by atoms with E-state index in [0.29, 0.717) is 17.0 Å². The number of nitrogens with zero attached hydrogens (tertiary/aromatic N) is 4. The summed E-state index contributed by atoms with van der Waals surface area (Å²) in [6, 6.07) is 4.27. The van der Waals surface area contributed by atoms with Gasteiger partial charge in [0, 0.05) is 5.75 Å². The SMILES string of the molecule is CCS(=O)c1nnnn1-c1ccc(F)cc1C. The normalized spacial score (nSPS) is 12.6. The highest BCUT2D eigenvalue weighted by atomic mass is 32.2. The molecule has 17 heavy (non-hydrogen) atoms. The number of halogens is 1. The Morgan fingerprint density at radius 3 is 2.88 bits per heavy atom. The summed E-state index contributed by atoms with van der Waals surface area (Å²) in [5, 5.41) is 11.3. The van der Waals surface area contributed by atoms with Crippen LogP contribution in [0.15, 0.2) is 23.4 Å². The molecule has 1 aromatic carbocycles. The van der Waals surface area contributed by atoms with Crippen molar-refractivity contribution in [1.82, 2.24) is 20.2 Å². The topological polar surface area (TPSA) is 60.7 Å². The van der Waals surface area contributed by atoms with Gasteiger partial charge in [0.1, 0.15) is 5.82 Å². The Kier molecular flexibility index (Phi) is 3.28. The molecule has 1 heterocycles. The van der Waals surface area contributed by atoms with E-state index >= 15 is 0 Å². The van der Waals surface area contributed by atoms with Crippen molar-refractivity contribution in [2.75, 3.05) is 5.75 Å². The number of aromatic nitrogens is 4. The van der Waals surface area contributed by atoms with Gasteiger partial charge in [-0.25, -0.2) is 4.39 Å². The summed E-state index contributed by atoms with van der Waals surface area (Å²) in [5.74, 6) is 0.109. The molecule has 0 fully saturated rings. The van der Waals surface area contributed by atoms with Crippen LogP contribution in [0.5, 0.6) is 0 Å². The Hall–Kier alpha value is -1.63. The van der Waals surface area contributed by atoms with E-state index in [1.54, 1.807) is 19.9 Å². The zero-order chi connectivity index (χ0) is 12.4. The van der Waals surface area contributed by atoms with Gasteiger partial charge in [-0.2, -0.15) is 4.68 Å². The summed E-state index contributed by atoms with van der Waals surface area (Å²) in [6.07, 6.45) is 0. The van der Waals surface area contributed by atoms with E-state index in [1.165, 1.54) is 16.8 Å². The standard InChI is InChI=1S/C10H11FN4OS/c1-3-17(16)10-12-13-14-15(10)9-5-4-8(11)6-7(9)2/h4-6H,3H2,1-2H3. The molecular weight excluding hydrogens is 243 g/mol. The van der Waals surface area contributed by atoms with Crippen molar-refractivity contribution in [2.24, 2.45) is 0 Å². The van der Waals surface area contributed by atoms with Crippen LogP contribution in [0.4, 0.5) is 4.39 Å². The second-order valence-electron chi connectivity index (χ2n) is 3.44. The Labute approximate surface area is 100 Å². The lowest BCUT2D eigenvalue weighted by molar-refractivity contribution is 0.624. The second-order valence-corrected chi connectivity index (χ2v) is 5.07. The number of rotatable bonds is 3. The maximum Gasteiger partial charge on any atom is 0.244 e. The third-order valence-corrected chi connectivity index (χ3v) is 3.48. The van der Waals surface area contributed by atoms with Gasteiger partial charge in [0.05, 0.1) is 16.5 Å². The average Bonchev–Trinajstić information content (AvgIpc) is 2.77. The van der Waals surface area contributed by atoms with Gasteiger partial charge < -0.3 is 0 Å². The maximum atomic E-state index is 13.0. The number of aryl methyl sites for hydroxylation is 1. The monoisotopic (exact) mass is 254 g/mol. The minimum absolute atomic E-state index is 0.280.